The van der Waals surface area contributed by atoms with Crippen LogP contribution in [0.15, 0.2) is 34.7 Å². The van der Waals surface area contributed by atoms with E-state index in [9.17, 15) is 14.4 Å². The van der Waals surface area contributed by atoms with Crippen molar-refractivity contribution in [1.29, 1.82) is 0 Å². The zero-order chi connectivity index (χ0) is 19.3. The van der Waals surface area contributed by atoms with E-state index in [2.05, 4.69) is 16.2 Å². The van der Waals surface area contributed by atoms with Crippen LogP contribution in [0.5, 0.6) is 0 Å². The number of aryl methyl sites for hydroxylation is 3. The van der Waals surface area contributed by atoms with Crippen LogP contribution in [0, 0.1) is 20.8 Å². The maximum absolute atomic E-state index is 12.2. The molecule has 2 aromatic rings. The van der Waals surface area contributed by atoms with Gasteiger partial charge >= 0.3 is 6.03 Å². The number of amides is 4. The second-order valence-corrected chi connectivity index (χ2v) is 5.95. The van der Waals surface area contributed by atoms with Crippen LogP contribution >= 0.6 is 0 Å². The summed E-state index contributed by atoms with van der Waals surface area (Å²) in [6.45, 7) is 5.26. The molecule has 0 radical (unpaired) electrons. The monoisotopic (exact) mass is 358 g/mol. The smallest absolute Gasteiger partial charge is 0.312 e. The highest BCUT2D eigenvalue weighted by molar-refractivity contribution is 5.96. The van der Waals surface area contributed by atoms with Crippen LogP contribution in [0.3, 0.4) is 0 Å². The molecule has 4 amide bonds. The predicted molar refractivity (Wildman–Crippen MR) is 95.0 cm³/mol. The first-order valence-corrected chi connectivity index (χ1v) is 8.05. The lowest BCUT2D eigenvalue weighted by Gasteiger charge is -2.19. The molecule has 1 aromatic carbocycles. The molecule has 0 saturated heterocycles. The number of carbonyl (C=O) groups excluding carboxylic acids is 3. The fourth-order valence-electron chi connectivity index (χ4n) is 2.67. The van der Waals surface area contributed by atoms with Gasteiger partial charge < -0.3 is 15.5 Å². The molecule has 0 aliphatic rings. The van der Waals surface area contributed by atoms with Gasteiger partial charge in [0.05, 0.1) is 18.0 Å². The third-order valence-corrected chi connectivity index (χ3v) is 3.87. The minimum atomic E-state index is -0.736. The summed E-state index contributed by atoms with van der Waals surface area (Å²) in [7, 11) is 0. The Morgan fingerprint density at radius 2 is 1.81 bits per heavy atom. The summed E-state index contributed by atoms with van der Waals surface area (Å²) in [5.74, 6) is 0.105. The first kappa shape index (κ1) is 19.0. The van der Waals surface area contributed by atoms with Crippen molar-refractivity contribution in [2.75, 3.05) is 0 Å². The molecule has 1 atom stereocenters. The summed E-state index contributed by atoms with van der Waals surface area (Å²) in [5.41, 5.74) is 11.9. The van der Waals surface area contributed by atoms with Crippen LogP contribution in [-0.4, -0.2) is 17.8 Å². The van der Waals surface area contributed by atoms with E-state index in [0.29, 0.717) is 17.1 Å². The Morgan fingerprint density at radius 1 is 1.12 bits per heavy atom. The lowest BCUT2D eigenvalue weighted by atomic mass is 9.98. The summed E-state index contributed by atoms with van der Waals surface area (Å²) in [6, 6.07) is 7.58. The van der Waals surface area contributed by atoms with Crippen molar-refractivity contribution in [2.24, 2.45) is 5.73 Å². The SMILES string of the molecule is Cc1cc(C(=O)NNC(=O)CC(NC(N)=O)c2ccccc2C)c(C)o1. The maximum Gasteiger partial charge on any atom is 0.312 e. The molecule has 8 nitrogen and oxygen atoms in total. The van der Waals surface area contributed by atoms with Crippen molar-refractivity contribution in [3.8, 4) is 0 Å². The Hall–Kier alpha value is -3.29. The number of furan rings is 1. The van der Waals surface area contributed by atoms with E-state index in [1.807, 2.05) is 25.1 Å². The number of rotatable bonds is 5. The molecule has 1 heterocycles. The van der Waals surface area contributed by atoms with Gasteiger partial charge in [-0.25, -0.2) is 4.79 Å². The molecule has 138 valence electrons. The van der Waals surface area contributed by atoms with E-state index in [1.54, 1.807) is 26.0 Å². The summed E-state index contributed by atoms with van der Waals surface area (Å²) in [6.07, 6.45) is -0.0858. The van der Waals surface area contributed by atoms with Crippen molar-refractivity contribution < 1.29 is 18.8 Å². The Bertz CT molecular complexity index is 828. The van der Waals surface area contributed by atoms with Crippen molar-refractivity contribution >= 4 is 17.8 Å². The van der Waals surface area contributed by atoms with E-state index >= 15 is 0 Å². The molecule has 1 aromatic heterocycles. The lowest BCUT2D eigenvalue weighted by molar-refractivity contribution is -0.122. The molecular formula is C18H22N4O4. The Kier molecular flexibility index (Phi) is 6.00. The molecule has 0 spiro atoms. The first-order chi connectivity index (χ1) is 12.3. The van der Waals surface area contributed by atoms with E-state index < -0.39 is 23.9 Å². The largest absolute Gasteiger partial charge is 0.466 e. The summed E-state index contributed by atoms with van der Waals surface area (Å²) >= 11 is 0. The van der Waals surface area contributed by atoms with E-state index in [-0.39, 0.29) is 6.42 Å². The third-order valence-electron chi connectivity index (χ3n) is 3.87. The summed E-state index contributed by atoms with van der Waals surface area (Å²) in [4.78, 5) is 35.6. The second kappa shape index (κ2) is 8.19. The van der Waals surface area contributed by atoms with E-state index in [0.717, 1.165) is 11.1 Å². The molecular weight excluding hydrogens is 336 g/mol. The number of carbonyl (C=O) groups is 3. The fourth-order valence-corrected chi connectivity index (χ4v) is 2.67. The number of hydrogen-bond acceptors (Lipinski definition) is 4. The summed E-state index contributed by atoms with van der Waals surface area (Å²) in [5, 5.41) is 2.55. The molecule has 2 rings (SSSR count). The molecule has 1 unspecified atom stereocenters. The summed E-state index contributed by atoms with van der Waals surface area (Å²) < 4.78 is 5.29. The topological polar surface area (TPSA) is 126 Å². The van der Waals surface area contributed by atoms with Gasteiger partial charge in [0.15, 0.2) is 0 Å². The van der Waals surface area contributed by atoms with Crippen LogP contribution < -0.4 is 21.9 Å². The molecule has 26 heavy (non-hydrogen) atoms. The minimum absolute atomic E-state index is 0.0858. The average Bonchev–Trinajstić information content (AvgIpc) is 2.90. The van der Waals surface area contributed by atoms with Crippen LogP contribution in [0.25, 0.3) is 0 Å². The molecule has 0 aliphatic heterocycles. The Morgan fingerprint density at radius 3 is 2.38 bits per heavy atom. The number of benzene rings is 1. The molecule has 5 N–H and O–H groups in total. The Balaban J connectivity index is 2.01. The molecule has 8 heteroatoms. The molecule has 0 saturated carbocycles. The van der Waals surface area contributed by atoms with Gasteiger partial charge in [0.2, 0.25) is 5.91 Å². The molecule has 0 fully saturated rings. The van der Waals surface area contributed by atoms with Crippen LogP contribution in [0.4, 0.5) is 4.79 Å². The number of hydrogen-bond donors (Lipinski definition) is 4. The minimum Gasteiger partial charge on any atom is -0.466 e. The van der Waals surface area contributed by atoms with Gasteiger partial charge in [-0.15, -0.1) is 0 Å². The van der Waals surface area contributed by atoms with Crippen molar-refractivity contribution in [2.45, 2.75) is 33.2 Å². The maximum atomic E-state index is 12.2. The van der Waals surface area contributed by atoms with E-state index in [4.69, 9.17) is 10.2 Å². The number of primary amides is 1. The normalized spacial score (nSPS) is 11.5. The van der Waals surface area contributed by atoms with Crippen LogP contribution in [-0.2, 0) is 4.79 Å². The lowest BCUT2D eigenvalue weighted by Crippen LogP contribution is -2.44. The van der Waals surface area contributed by atoms with Crippen LogP contribution in [0.2, 0.25) is 0 Å². The highest BCUT2D eigenvalue weighted by Crippen LogP contribution is 2.20. The van der Waals surface area contributed by atoms with Gasteiger partial charge in [0.25, 0.3) is 5.91 Å². The zero-order valence-corrected chi connectivity index (χ0v) is 14.9. The van der Waals surface area contributed by atoms with Gasteiger partial charge in [0, 0.05) is 0 Å². The van der Waals surface area contributed by atoms with Gasteiger partial charge in [-0.3, -0.25) is 20.4 Å². The predicted octanol–water partition coefficient (Wildman–Crippen LogP) is 1.77. The number of nitrogens with two attached hydrogens (primary N) is 1. The van der Waals surface area contributed by atoms with Gasteiger partial charge in [0.1, 0.15) is 11.5 Å². The fraction of sp³-hybridized carbons (Fsp3) is 0.278. The van der Waals surface area contributed by atoms with Crippen molar-refractivity contribution in [3.63, 3.8) is 0 Å². The number of nitrogens with one attached hydrogen (secondary N) is 3. The molecule has 0 bridgehead atoms. The number of hydrazine groups is 1. The van der Waals surface area contributed by atoms with Gasteiger partial charge in [-0.05, 0) is 38.0 Å². The quantitative estimate of drug-likeness (QED) is 0.607. The highest BCUT2D eigenvalue weighted by atomic mass is 16.3. The second-order valence-electron chi connectivity index (χ2n) is 5.95. The van der Waals surface area contributed by atoms with Crippen molar-refractivity contribution in [3.05, 3.63) is 58.5 Å². The van der Waals surface area contributed by atoms with Gasteiger partial charge in [-0.1, -0.05) is 24.3 Å². The van der Waals surface area contributed by atoms with E-state index in [1.165, 1.54) is 0 Å². The molecule has 0 aliphatic carbocycles. The van der Waals surface area contributed by atoms with Crippen molar-refractivity contribution in [1.82, 2.24) is 16.2 Å². The average molecular weight is 358 g/mol. The van der Waals surface area contributed by atoms with Crippen LogP contribution in [0.1, 0.15) is 45.5 Å². The Labute approximate surface area is 151 Å². The first-order valence-electron chi connectivity index (χ1n) is 8.05. The highest BCUT2D eigenvalue weighted by Gasteiger charge is 2.20. The standard InChI is InChI=1S/C18H22N4O4/c1-10-6-4-5-7-13(10)15(20-18(19)25)9-16(23)21-22-17(24)14-8-11(2)26-12(14)3/h4-8,15H,9H2,1-3H3,(H,21,23)(H,22,24)(H3,19,20,25). The zero-order valence-electron chi connectivity index (χ0n) is 14.9. The number of urea groups is 1. The third kappa shape index (κ3) is 4.85. The van der Waals surface area contributed by atoms with Gasteiger partial charge in [-0.2, -0.15) is 0 Å².